The molecular weight excluding hydrogens is 316 g/mol. The highest BCUT2D eigenvalue weighted by molar-refractivity contribution is 6.09. The molecule has 128 valence electrons. The van der Waals surface area contributed by atoms with Crippen LogP contribution in [0.1, 0.15) is 19.4 Å². The molecule has 0 aliphatic heterocycles. The lowest BCUT2D eigenvalue weighted by Crippen LogP contribution is -2.13. The molecule has 0 unspecified atom stereocenters. The van der Waals surface area contributed by atoms with Gasteiger partial charge in [0.1, 0.15) is 23.1 Å². The van der Waals surface area contributed by atoms with Crippen LogP contribution in [0.2, 0.25) is 0 Å². The average molecular weight is 336 g/mol. The molecule has 0 bridgehead atoms. The van der Waals surface area contributed by atoms with Crippen molar-refractivity contribution in [1.29, 1.82) is 5.26 Å². The van der Waals surface area contributed by atoms with Crippen LogP contribution in [0.25, 0.3) is 6.08 Å². The van der Waals surface area contributed by atoms with Gasteiger partial charge in [-0.3, -0.25) is 4.79 Å². The van der Waals surface area contributed by atoms with E-state index in [0.29, 0.717) is 18.2 Å². The summed E-state index contributed by atoms with van der Waals surface area (Å²) in [5.41, 5.74) is 1.22. The van der Waals surface area contributed by atoms with Crippen LogP contribution in [-0.4, -0.2) is 17.6 Å². The van der Waals surface area contributed by atoms with Crippen molar-refractivity contribution in [2.24, 2.45) is 5.92 Å². The van der Waals surface area contributed by atoms with Gasteiger partial charge in [0.25, 0.3) is 5.91 Å². The largest absolute Gasteiger partial charge is 0.508 e. The number of benzene rings is 2. The number of phenols is 1. The number of rotatable bonds is 6. The predicted octanol–water partition coefficient (Wildman–Crippen LogP) is 3.97. The summed E-state index contributed by atoms with van der Waals surface area (Å²) in [4.78, 5) is 12.2. The van der Waals surface area contributed by atoms with Crippen molar-refractivity contribution in [3.63, 3.8) is 0 Å². The van der Waals surface area contributed by atoms with Gasteiger partial charge in [0.05, 0.1) is 6.61 Å². The van der Waals surface area contributed by atoms with Crippen LogP contribution in [0.15, 0.2) is 54.1 Å². The Labute approximate surface area is 147 Å². The summed E-state index contributed by atoms with van der Waals surface area (Å²) >= 11 is 0. The molecule has 2 rings (SSSR count). The molecule has 0 saturated heterocycles. The van der Waals surface area contributed by atoms with E-state index in [4.69, 9.17) is 4.74 Å². The van der Waals surface area contributed by atoms with E-state index in [1.807, 2.05) is 6.07 Å². The lowest BCUT2D eigenvalue weighted by Gasteiger charge is -2.08. The molecule has 0 atom stereocenters. The monoisotopic (exact) mass is 336 g/mol. The van der Waals surface area contributed by atoms with Crippen LogP contribution >= 0.6 is 0 Å². The number of amides is 1. The molecule has 2 N–H and O–H groups in total. The SMILES string of the molecule is CC(C)COc1ccc(C=C(C#N)C(=O)Nc2ccc(O)cc2)cc1. The highest BCUT2D eigenvalue weighted by Crippen LogP contribution is 2.17. The Kier molecular flexibility index (Phi) is 6.19. The molecule has 0 fully saturated rings. The average Bonchev–Trinajstić information content (AvgIpc) is 2.60. The first kappa shape index (κ1) is 18.1. The van der Waals surface area contributed by atoms with Crippen LogP contribution < -0.4 is 10.1 Å². The van der Waals surface area contributed by atoms with Crippen molar-refractivity contribution >= 4 is 17.7 Å². The number of carbonyl (C=O) groups excluding carboxylic acids is 1. The smallest absolute Gasteiger partial charge is 0.266 e. The van der Waals surface area contributed by atoms with Crippen molar-refractivity contribution in [1.82, 2.24) is 0 Å². The third-order valence-corrected chi connectivity index (χ3v) is 3.26. The first-order valence-corrected chi connectivity index (χ1v) is 7.93. The zero-order valence-electron chi connectivity index (χ0n) is 14.2. The van der Waals surface area contributed by atoms with Gasteiger partial charge in [0.2, 0.25) is 0 Å². The van der Waals surface area contributed by atoms with Crippen LogP contribution in [0, 0.1) is 17.2 Å². The van der Waals surface area contributed by atoms with Gasteiger partial charge in [-0.25, -0.2) is 0 Å². The number of ether oxygens (including phenoxy) is 1. The molecule has 25 heavy (non-hydrogen) atoms. The van der Waals surface area contributed by atoms with Gasteiger partial charge >= 0.3 is 0 Å². The molecule has 2 aromatic rings. The molecule has 0 radical (unpaired) electrons. The summed E-state index contributed by atoms with van der Waals surface area (Å²) in [6.45, 7) is 4.78. The van der Waals surface area contributed by atoms with E-state index in [9.17, 15) is 15.2 Å². The van der Waals surface area contributed by atoms with Crippen molar-refractivity contribution in [3.05, 3.63) is 59.7 Å². The maximum Gasteiger partial charge on any atom is 0.266 e. The Hall–Kier alpha value is -3.26. The number of hydrogen-bond donors (Lipinski definition) is 2. The first-order chi connectivity index (χ1) is 12.0. The number of nitrogens with one attached hydrogen (secondary N) is 1. The summed E-state index contributed by atoms with van der Waals surface area (Å²) in [7, 11) is 0. The Morgan fingerprint density at radius 1 is 1.20 bits per heavy atom. The lowest BCUT2D eigenvalue weighted by atomic mass is 10.1. The number of anilines is 1. The summed E-state index contributed by atoms with van der Waals surface area (Å²) in [6.07, 6.45) is 1.52. The van der Waals surface area contributed by atoms with Gasteiger partial charge < -0.3 is 15.2 Å². The second kappa shape index (κ2) is 8.55. The second-order valence-electron chi connectivity index (χ2n) is 5.94. The number of carbonyl (C=O) groups is 1. The van der Waals surface area contributed by atoms with Gasteiger partial charge in [-0.1, -0.05) is 26.0 Å². The summed E-state index contributed by atoms with van der Waals surface area (Å²) in [5.74, 6) is 0.786. The Morgan fingerprint density at radius 2 is 1.84 bits per heavy atom. The van der Waals surface area contributed by atoms with Gasteiger partial charge in [0.15, 0.2) is 0 Å². The Morgan fingerprint density at radius 3 is 2.40 bits per heavy atom. The molecule has 5 heteroatoms. The van der Waals surface area contributed by atoms with E-state index in [-0.39, 0.29) is 11.3 Å². The number of aromatic hydroxyl groups is 1. The van der Waals surface area contributed by atoms with Crippen molar-refractivity contribution in [3.8, 4) is 17.6 Å². The maximum atomic E-state index is 12.2. The first-order valence-electron chi connectivity index (χ1n) is 7.93. The quantitative estimate of drug-likeness (QED) is 0.475. The van der Waals surface area contributed by atoms with Crippen molar-refractivity contribution in [2.45, 2.75) is 13.8 Å². The fourth-order valence-corrected chi connectivity index (χ4v) is 1.98. The molecule has 0 aliphatic rings. The molecule has 0 aromatic heterocycles. The van der Waals surface area contributed by atoms with E-state index in [1.165, 1.54) is 18.2 Å². The van der Waals surface area contributed by atoms with Crippen molar-refractivity contribution in [2.75, 3.05) is 11.9 Å². The zero-order chi connectivity index (χ0) is 18.2. The van der Waals surface area contributed by atoms with Crippen LogP contribution in [0.5, 0.6) is 11.5 Å². The van der Waals surface area contributed by atoms with Gasteiger partial charge in [0, 0.05) is 5.69 Å². The number of hydrogen-bond acceptors (Lipinski definition) is 4. The predicted molar refractivity (Wildman–Crippen MR) is 97.1 cm³/mol. The molecule has 1 amide bonds. The number of phenolic OH excluding ortho intramolecular Hbond substituents is 1. The lowest BCUT2D eigenvalue weighted by molar-refractivity contribution is -0.112. The van der Waals surface area contributed by atoms with Crippen LogP contribution in [0.3, 0.4) is 0 Å². The third-order valence-electron chi connectivity index (χ3n) is 3.26. The standard InChI is InChI=1S/C20H20N2O3/c1-14(2)13-25-19-9-3-15(4-10-19)11-16(12-21)20(24)22-17-5-7-18(23)8-6-17/h3-11,14,23H,13H2,1-2H3,(H,22,24). The molecule has 2 aromatic carbocycles. The van der Waals surface area contributed by atoms with Crippen LogP contribution in [-0.2, 0) is 4.79 Å². The van der Waals surface area contributed by atoms with Gasteiger partial charge in [-0.15, -0.1) is 0 Å². The molecule has 0 aliphatic carbocycles. The maximum absolute atomic E-state index is 12.2. The van der Waals surface area contributed by atoms with E-state index in [0.717, 1.165) is 11.3 Å². The molecule has 0 heterocycles. The fourth-order valence-electron chi connectivity index (χ4n) is 1.98. The summed E-state index contributed by atoms with van der Waals surface area (Å²) in [5, 5.41) is 21.1. The number of nitrogens with zero attached hydrogens (tertiary/aromatic N) is 1. The highest BCUT2D eigenvalue weighted by atomic mass is 16.5. The van der Waals surface area contributed by atoms with Crippen LogP contribution in [0.4, 0.5) is 5.69 Å². The van der Waals surface area contributed by atoms with E-state index in [1.54, 1.807) is 36.4 Å². The molecule has 5 nitrogen and oxygen atoms in total. The third kappa shape index (κ3) is 5.70. The minimum absolute atomic E-state index is 0.0103. The molecule has 0 saturated carbocycles. The minimum Gasteiger partial charge on any atom is -0.508 e. The fraction of sp³-hybridized carbons (Fsp3) is 0.200. The van der Waals surface area contributed by atoms with Gasteiger partial charge in [-0.2, -0.15) is 5.26 Å². The van der Waals surface area contributed by atoms with E-state index < -0.39 is 5.91 Å². The molecular formula is C20H20N2O3. The normalized spacial score (nSPS) is 11.0. The van der Waals surface area contributed by atoms with E-state index in [2.05, 4.69) is 19.2 Å². The zero-order valence-corrected chi connectivity index (χ0v) is 14.2. The topological polar surface area (TPSA) is 82.3 Å². The van der Waals surface area contributed by atoms with E-state index >= 15 is 0 Å². The van der Waals surface area contributed by atoms with Gasteiger partial charge in [-0.05, 0) is 54.0 Å². The second-order valence-corrected chi connectivity index (χ2v) is 5.94. The van der Waals surface area contributed by atoms with Crippen molar-refractivity contribution < 1.29 is 14.6 Å². The Balaban J connectivity index is 2.07. The summed E-state index contributed by atoms with van der Waals surface area (Å²) < 4.78 is 5.60. The summed E-state index contributed by atoms with van der Waals surface area (Å²) in [6, 6.07) is 15.1. The number of nitriles is 1. The Bertz CT molecular complexity index is 785. The molecule has 0 spiro atoms. The minimum atomic E-state index is -0.506. The highest BCUT2D eigenvalue weighted by Gasteiger charge is 2.09.